The van der Waals surface area contributed by atoms with E-state index in [0.717, 1.165) is 0 Å². The van der Waals surface area contributed by atoms with Crippen LogP contribution in [0.3, 0.4) is 0 Å². The van der Waals surface area contributed by atoms with Crippen molar-refractivity contribution in [2.45, 2.75) is 0 Å². The fourth-order valence-electron chi connectivity index (χ4n) is 0. The minimum absolute atomic E-state index is 0. The molecule has 0 unspecified atom stereocenters. The van der Waals surface area contributed by atoms with Gasteiger partial charge in [0.2, 0.25) is 0 Å². The summed E-state index contributed by atoms with van der Waals surface area (Å²) in [7, 11) is -10.8. The maximum absolute atomic E-state index is 8.55. The third kappa shape index (κ3) is 765. The number of rotatable bonds is 0. The van der Waals surface area contributed by atoms with Crippen LogP contribution in [0.2, 0.25) is 0 Å². The van der Waals surface area contributed by atoms with E-state index in [4.69, 9.17) is 38.5 Å². The molecule has 3 radical (unpaired) electrons. The standard InChI is InChI=1S/3Co.2H3O4P.H2O/c;;;2*1-5(2,3)4;/h;;;2*(H3,1,2,3,4);1H2/q3*+2;;;/p-6. The topological polar surface area (TPSA) is 204 Å². The molecule has 0 saturated heterocycles. The zero-order valence-corrected chi connectivity index (χ0v) is 10.6. The van der Waals surface area contributed by atoms with Crippen LogP contribution in [0.5, 0.6) is 0 Å². The molecular weight excluding hydrogens is 383 g/mol. The normalized spacial score (nSPS) is 8.43. The summed E-state index contributed by atoms with van der Waals surface area (Å²) in [6.07, 6.45) is 0. The Morgan fingerprint density at radius 1 is 0.571 bits per heavy atom. The van der Waals surface area contributed by atoms with Crippen LogP contribution in [0, 0.1) is 0 Å². The molecule has 0 aliphatic carbocycles. The van der Waals surface area contributed by atoms with Crippen molar-refractivity contribution >= 4 is 15.6 Å². The second kappa shape index (κ2) is 14.7. The molecule has 0 fully saturated rings. The van der Waals surface area contributed by atoms with Gasteiger partial charge in [0.1, 0.15) is 0 Å². The molecule has 0 spiro atoms. The molecule has 0 rings (SSSR count). The van der Waals surface area contributed by atoms with Crippen LogP contribution in [0.1, 0.15) is 0 Å². The molecule has 2 N–H and O–H groups in total. The molecule has 93 valence electrons. The van der Waals surface area contributed by atoms with Gasteiger partial charge in [0, 0.05) is 0 Å². The third-order valence-electron chi connectivity index (χ3n) is 0. The molecule has 0 bridgehead atoms. The Balaban J connectivity index is -0.0000000178. The van der Waals surface area contributed by atoms with Gasteiger partial charge in [0.25, 0.3) is 0 Å². The zero-order chi connectivity index (χ0) is 9.00. The van der Waals surface area contributed by atoms with Gasteiger partial charge in [-0.15, -0.1) is 0 Å². The molecule has 0 aliphatic rings. The molecule has 9 nitrogen and oxygen atoms in total. The van der Waals surface area contributed by atoms with E-state index in [2.05, 4.69) is 0 Å². The van der Waals surface area contributed by atoms with E-state index >= 15 is 0 Å². The predicted octanol–water partition coefficient (Wildman–Crippen LogP) is -6.48. The predicted molar refractivity (Wildman–Crippen MR) is 18.8 cm³/mol. The van der Waals surface area contributed by atoms with Gasteiger partial charge in [0.15, 0.2) is 0 Å². The Kier molecular flexibility index (Phi) is 37.9. The summed E-state index contributed by atoms with van der Waals surface area (Å²) in [4.78, 5) is 51.3. The van der Waals surface area contributed by atoms with Crippen LogP contribution in [-0.2, 0) is 59.5 Å². The smallest absolute Gasteiger partial charge is 0.822 e. The van der Waals surface area contributed by atoms with Gasteiger partial charge < -0.3 is 44.0 Å². The van der Waals surface area contributed by atoms with Gasteiger partial charge >= 0.3 is 50.3 Å². The summed E-state index contributed by atoms with van der Waals surface area (Å²) in [6, 6.07) is 0. The number of hydrogen-bond acceptors (Lipinski definition) is 8. The summed E-state index contributed by atoms with van der Waals surface area (Å²) in [5, 5.41) is 0. The number of phosphoric acid groups is 2. The van der Waals surface area contributed by atoms with Crippen molar-refractivity contribution in [1.29, 1.82) is 0 Å². The minimum atomic E-state index is -5.39. The summed E-state index contributed by atoms with van der Waals surface area (Å²) in [5.41, 5.74) is 0. The van der Waals surface area contributed by atoms with E-state index in [1.807, 2.05) is 0 Å². The van der Waals surface area contributed by atoms with Crippen LogP contribution < -0.4 is 29.4 Å². The summed E-state index contributed by atoms with van der Waals surface area (Å²) >= 11 is 0. The first-order chi connectivity index (χ1) is 4.00. The van der Waals surface area contributed by atoms with Crippen molar-refractivity contribution in [3.05, 3.63) is 0 Å². The molecule has 0 heterocycles. The first kappa shape index (κ1) is 36.1. The monoisotopic (exact) mass is 385 g/mol. The van der Waals surface area contributed by atoms with Crippen molar-refractivity contribution in [3.63, 3.8) is 0 Å². The Hall–Kier alpha value is 1.70. The fourth-order valence-corrected chi connectivity index (χ4v) is 0. The van der Waals surface area contributed by atoms with Crippen LogP contribution in [0.4, 0.5) is 0 Å². The van der Waals surface area contributed by atoms with Gasteiger partial charge in [-0.2, -0.15) is 15.6 Å². The van der Waals surface area contributed by atoms with Gasteiger partial charge in [0.05, 0.1) is 0 Å². The summed E-state index contributed by atoms with van der Waals surface area (Å²) in [6.45, 7) is 0. The minimum Gasteiger partial charge on any atom is -0.822 e. The molecule has 0 aromatic rings. The second-order valence-corrected chi connectivity index (χ2v) is 2.68. The average molecular weight is 385 g/mol. The quantitative estimate of drug-likeness (QED) is 0.366. The first-order valence-electron chi connectivity index (χ1n) is 1.46. The third-order valence-corrected chi connectivity index (χ3v) is 0. The van der Waals surface area contributed by atoms with Crippen LogP contribution in [-0.4, -0.2) is 5.48 Å². The molecule has 0 amide bonds. The van der Waals surface area contributed by atoms with Crippen LogP contribution in [0.25, 0.3) is 0 Å². The molecule has 0 saturated carbocycles. The molecule has 0 aromatic carbocycles. The Bertz CT molecular complexity index is 130. The average Bonchev–Trinajstić information content (AvgIpc) is 1.12. The van der Waals surface area contributed by atoms with E-state index in [9.17, 15) is 0 Å². The maximum atomic E-state index is 8.55. The van der Waals surface area contributed by atoms with Crippen molar-refractivity contribution in [1.82, 2.24) is 0 Å². The first-order valence-corrected chi connectivity index (χ1v) is 4.38. The van der Waals surface area contributed by atoms with Crippen molar-refractivity contribution < 1.29 is 94.3 Å². The van der Waals surface area contributed by atoms with E-state index in [0.29, 0.717) is 0 Å². The SMILES string of the molecule is O.O=P([O-])([O-])[O-].O=P([O-])([O-])[O-].[Co+2].[Co+2].[Co+2]. The molecule has 14 heteroatoms. The van der Waals surface area contributed by atoms with Crippen molar-refractivity contribution in [2.75, 3.05) is 0 Å². The van der Waals surface area contributed by atoms with E-state index in [-0.39, 0.29) is 55.8 Å². The molecule has 0 aliphatic heterocycles. The number of hydrogen-bond donors (Lipinski definition) is 0. The Morgan fingerprint density at radius 2 is 0.571 bits per heavy atom. The molecular formula is H2Co3O9P2. The molecule has 0 aromatic heterocycles. The Labute approximate surface area is 110 Å². The second-order valence-electron chi connectivity index (χ2n) is 0.894. The van der Waals surface area contributed by atoms with Crippen molar-refractivity contribution in [3.8, 4) is 0 Å². The zero-order valence-electron chi connectivity index (χ0n) is 5.66. The summed E-state index contributed by atoms with van der Waals surface area (Å²) in [5.74, 6) is 0. The van der Waals surface area contributed by atoms with Gasteiger partial charge in [-0.3, -0.25) is 0 Å². The largest absolute Gasteiger partial charge is 2.00 e. The maximum Gasteiger partial charge on any atom is 2.00 e. The fraction of sp³-hybridized carbons (Fsp3) is 0. The van der Waals surface area contributed by atoms with E-state index < -0.39 is 15.6 Å². The van der Waals surface area contributed by atoms with Crippen LogP contribution >= 0.6 is 15.6 Å². The van der Waals surface area contributed by atoms with E-state index in [1.54, 1.807) is 0 Å². The Morgan fingerprint density at radius 3 is 0.571 bits per heavy atom. The van der Waals surface area contributed by atoms with E-state index in [1.165, 1.54) is 0 Å². The van der Waals surface area contributed by atoms with Gasteiger partial charge in [-0.05, 0) is 0 Å². The van der Waals surface area contributed by atoms with Crippen LogP contribution in [0.15, 0.2) is 0 Å². The molecule has 14 heavy (non-hydrogen) atoms. The summed E-state index contributed by atoms with van der Waals surface area (Å²) < 4.78 is 17.1. The molecule has 0 atom stereocenters. The van der Waals surface area contributed by atoms with Crippen molar-refractivity contribution in [2.24, 2.45) is 0 Å². The van der Waals surface area contributed by atoms with Gasteiger partial charge in [-0.1, -0.05) is 0 Å². The van der Waals surface area contributed by atoms with Gasteiger partial charge in [-0.25, -0.2) is 0 Å².